The third-order valence-electron chi connectivity index (χ3n) is 3.29. The van der Waals surface area contributed by atoms with Gasteiger partial charge in [0.05, 0.1) is 21.9 Å². The normalized spacial score (nSPS) is 24.7. The lowest BCUT2D eigenvalue weighted by molar-refractivity contribution is -0.104. The van der Waals surface area contributed by atoms with Gasteiger partial charge in [0.2, 0.25) is 0 Å². The zero-order valence-corrected chi connectivity index (χ0v) is 11.6. The molecule has 2 atom stereocenters. The molecule has 0 amide bonds. The Labute approximate surface area is 114 Å². The molecule has 3 nitrogen and oxygen atoms in total. The number of thiophene rings is 1. The number of carbonyl (C=O) groups is 2. The van der Waals surface area contributed by atoms with Crippen LogP contribution >= 0.6 is 23.1 Å². The van der Waals surface area contributed by atoms with Crippen LogP contribution in [-0.2, 0) is 4.79 Å². The van der Waals surface area contributed by atoms with Crippen molar-refractivity contribution in [2.24, 2.45) is 0 Å². The summed E-state index contributed by atoms with van der Waals surface area (Å²) < 4.78 is 0. The summed E-state index contributed by atoms with van der Waals surface area (Å²) in [5.74, 6) is 0. The molecule has 0 fully saturated rings. The van der Waals surface area contributed by atoms with Gasteiger partial charge < -0.3 is 4.90 Å². The Balaban J connectivity index is 2.01. The number of thioether (sulfide) groups is 1. The fourth-order valence-electron chi connectivity index (χ4n) is 2.61. The number of anilines is 1. The summed E-state index contributed by atoms with van der Waals surface area (Å²) in [6, 6.07) is 2.27. The Hall–Kier alpha value is -1.07. The van der Waals surface area contributed by atoms with Gasteiger partial charge in [0, 0.05) is 16.3 Å². The van der Waals surface area contributed by atoms with Crippen molar-refractivity contribution in [3.05, 3.63) is 26.8 Å². The number of hydrogen-bond donors (Lipinski definition) is 0. The van der Waals surface area contributed by atoms with Gasteiger partial charge in [-0.15, -0.1) is 23.1 Å². The third kappa shape index (κ3) is 1.65. The number of fused-ring (bicyclic) bond motifs is 3. The minimum absolute atomic E-state index is 0.289. The first-order valence-corrected chi connectivity index (χ1v) is 7.67. The maximum Gasteiger partial charge on any atom is 0.160 e. The molecule has 94 valence electrons. The molecular weight excluding hydrogens is 266 g/mol. The van der Waals surface area contributed by atoms with Crippen LogP contribution in [0.25, 0.3) is 0 Å². The van der Waals surface area contributed by atoms with Gasteiger partial charge in [0.1, 0.15) is 0 Å². The molecule has 18 heavy (non-hydrogen) atoms. The van der Waals surface area contributed by atoms with Gasteiger partial charge in [-0.2, -0.15) is 0 Å². The van der Waals surface area contributed by atoms with Gasteiger partial charge in [-0.05, 0) is 18.6 Å². The zero-order valence-electron chi connectivity index (χ0n) is 9.96. The van der Waals surface area contributed by atoms with Gasteiger partial charge >= 0.3 is 0 Å². The van der Waals surface area contributed by atoms with E-state index in [1.54, 1.807) is 23.1 Å². The van der Waals surface area contributed by atoms with E-state index in [2.05, 4.69) is 17.9 Å². The molecular formula is C13H13NO2S2. The molecule has 0 radical (unpaired) electrons. The maximum atomic E-state index is 10.9. The standard InChI is InChI=1S/C13H13NO2S2/c1-2-3-14-10-4-8(6-15)17-12(10)13-11(14)5-9(7-16)18-13/h4-7,10,12H,2-3H2,1H3. The third-order valence-corrected chi connectivity index (χ3v) is 5.85. The van der Waals surface area contributed by atoms with Crippen molar-refractivity contribution in [1.29, 1.82) is 0 Å². The highest BCUT2D eigenvalue weighted by Crippen LogP contribution is 2.56. The van der Waals surface area contributed by atoms with Crippen LogP contribution in [0.4, 0.5) is 5.69 Å². The molecule has 0 spiro atoms. The van der Waals surface area contributed by atoms with Crippen LogP contribution in [0.3, 0.4) is 0 Å². The van der Waals surface area contributed by atoms with Crippen molar-refractivity contribution < 1.29 is 9.59 Å². The molecule has 2 aliphatic heterocycles. The van der Waals surface area contributed by atoms with Gasteiger partial charge in [-0.3, -0.25) is 9.59 Å². The number of nitrogens with zero attached hydrogens (tertiary/aromatic N) is 1. The second kappa shape index (κ2) is 4.55. The molecule has 0 aromatic carbocycles. The Morgan fingerprint density at radius 2 is 2.22 bits per heavy atom. The quantitative estimate of drug-likeness (QED) is 0.794. The zero-order chi connectivity index (χ0) is 12.7. The van der Waals surface area contributed by atoms with E-state index in [9.17, 15) is 9.59 Å². The molecule has 0 aliphatic carbocycles. The van der Waals surface area contributed by atoms with Crippen LogP contribution in [-0.4, -0.2) is 25.2 Å². The topological polar surface area (TPSA) is 37.4 Å². The van der Waals surface area contributed by atoms with E-state index >= 15 is 0 Å². The molecule has 1 aromatic heterocycles. The van der Waals surface area contributed by atoms with Crippen molar-refractivity contribution in [3.8, 4) is 0 Å². The molecule has 2 unspecified atom stereocenters. The highest BCUT2D eigenvalue weighted by molar-refractivity contribution is 8.04. The molecule has 0 bridgehead atoms. The average molecular weight is 279 g/mol. The SMILES string of the molecule is CCCN1c2cc(C=O)sc2C2SC(C=O)=CC21. The summed E-state index contributed by atoms with van der Waals surface area (Å²) in [6.07, 6.45) is 4.96. The lowest BCUT2D eigenvalue weighted by Gasteiger charge is -2.24. The van der Waals surface area contributed by atoms with Crippen LogP contribution in [0, 0.1) is 0 Å². The molecule has 0 N–H and O–H groups in total. The number of allylic oxidation sites excluding steroid dienone is 1. The first kappa shape index (κ1) is 12.0. The molecule has 5 heteroatoms. The molecule has 3 rings (SSSR count). The fourth-order valence-corrected chi connectivity index (χ4v) is 5.07. The van der Waals surface area contributed by atoms with Crippen LogP contribution in [0.1, 0.15) is 33.1 Å². The van der Waals surface area contributed by atoms with Crippen molar-refractivity contribution in [3.63, 3.8) is 0 Å². The summed E-state index contributed by atoms with van der Waals surface area (Å²) >= 11 is 3.18. The summed E-state index contributed by atoms with van der Waals surface area (Å²) in [5, 5.41) is 0.297. The first-order valence-electron chi connectivity index (χ1n) is 5.97. The van der Waals surface area contributed by atoms with E-state index in [-0.39, 0.29) is 6.04 Å². The van der Waals surface area contributed by atoms with Crippen LogP contribution in [0.5, 0.6) is 0 Å². The summed E-state index contributed by atoms with van der Waals surface area (Å²) in [4.78, 5) is 27.0. The van der Waals surface area contributed by atoms with E-state index in [1.807, 2.05) is 6.07 Å². The Morgan fingerprint density at radius 1 is 1.39 bits per heavy atom. The molecule has 0 saturated carbocycles. The Kier molecular flexibility index (Phi) is 3.03. The lowest BCUT2D eigenvalue weighted by atomic mass is 10.2. The van der Waals surface area contributed by atoms with E-state index in [1.165, 1.54) is 10.6 Å². The highest BCUT2D eigenvalue weighted by atomic mass is 32.2. The van der Waals surface area contributed by atoms with Gasteiger partial charge in [0.15, 0.2) is 12.6 Å². The monoisotopic (exact) mass is 279 g/mol. The molecule has 2 aliphatic rings. The smallest absolute Gasteiger partial charge is 0.160 e. The predicted octanol–water partition coefficient (Wildman–Crippen LogP) is 3.03. The molecule has 1 aromatic rings. The van der Waals surface area contributed by atoms with Crippen LogP contribution in [0.15, 0.2) is 17.0 Å². The van der Waals surface area contributed by atoms with E-state index in [0.29, 0.717) is 5.25 Å². The van der Waals surface area contributed by atoms with Crippen molar-refractivity contribution in [1.82, 2.24) is 0 Å². The second-order valence-electron chi connectivity index (χ2n) is 4.43. The minimum atomic E-state index is 0.289. The predicted molar refractivity (Wildman–Crippen MR) is 75.6 cm³/mol. The summed E-state index contributed by atoms with van der Waals surface area (Å²) in [7, 11) is 0. The van der Waals surface area contributed by atoms with Crippen molar-refractivity contribution in [2.45, 2.75) is 24.6 Å². The minimum Gasteiger partial charge on any atom is -0.363 e. The largest absolute Gasteiger partial charge is 0.363 e. The van der Waals surface area contributed by atoms with E-state index in [4.69, 9.17) is 0 Å². The Morgan fingerprint density at radius 3 is 2.89 bits per heavy atom. The number of carbonyl (C=O) groups excluding carboxylic acids is 2. The molecule has 0 saturated heterocycles. The maximum absolute atomic E-state index is 10.9. The summed E-state index contributed by atoms with van der Waals surface area (Å²) in [5.41, 5.74) is 1.19. The van der Waals surface area contributed by atoms with Crippen LogP contribution in [0.2, 0.25) is 0 Å². The number of aldehydes is 2. The van der Waals surface area contributed by atoms with Gasteiger partial charge in [0.25, 0.3) is 0 Å². The lowest BCUT2D eigenvalue weighted by Crippen LogP contribution is -2.31. The van der Waals surface area contributed by atoms with Crippen LogP contribution < -0.4 is 4.90 Å². The first-order chi connectivity index (χ1) is 8.78. The van der Waals surface area contributed by atoms with E-state index < -0.39 is 0 Å². The second-order valence-corrected chi connectivity index (χ2v) is 6.76. The summed E-state index contributed by atoms with van der Waals surface area (Å²) in [6.45, 7) is 3.11. The average Bonchev–Trinajstić information content (AvgIpc) is 3.03. The van der Waals surface area contributed by atoms with Crippen molar-refractivity contribution >= 4 is 41.4 Å². The van der Waals surface area contributed by atoms with Gasteiger partial charge in [-0.25, -0.2) is 0 Å². The number of rotatable bonds is 4. The number of hydrogen-bond acceptors (Lipinski definition) is 5. The molecule has 3 heterocycles. The van der Waals surface area contributed by atoms with Crippen molar-refractivity contribution in [2.75, 3.05) is 11.4 Å². The van der Waals surface area contributed by atoms with Gasteiger partial charge in [-0.1, -0.05) is 6.92 Å². The Bertz CT molecular complexity index is 535. The van der Waals surface area contributed by atoms with E-state index in [0.717, 1.165) is 35.3 Å². The highest BCUT2D eigenvalue weighted by Gasteiger charge is 2.43. The fraction of sp³-hybridized carbons (Fsp3) is 0.385.